The van der Waals surface area contributed by atoms with Gasteiger partial charge in [-0.3, -0.25) is 4.79 Å². The quantitative estimate of drug-likeness (QED) is 0.790. The molecule has 3 heteroatoms. The van der Waals surface area contributed by atoms with E-state index in [1.807, 2.05) is 0 Å². The zero-order valence-corrected chi connectivity index (χ0v) is 13.7. The largest absolute Gasteiger partial charge is 0.348 e. The van der Waals surface area contributed by atoms with Crippen LogP contribution in [0.3, 0.4) is 0 Å². The maximum atomic E-state index is 12.1. The summed E-state index contributed by atoms with van der Waals surface area (Å²) in [4.78, 5) is 12.1. The van der Waals surface area contributed by atoms with E-state index in [2.05, 4.69) is 52.7 Å². The average molecular weight is 334 g/mol. The van der Waals surface area contributed by atoms with Gasteiger partial charge in [-0.2, -0.15) is 0 Å². The average Bonchev–Trinajstić information content (AvgIpc) is 2.66. The Morgan fingerprint density at radius 3 is 2.90 bits per heavy atom. The van der Waals surface area contributed by atoms with Crippen molar-refractivity contribution in [1.82, 2.24) is 4.57 Å². The first-order chi connectivity index (χ1) is 9.58. The molecule has 1 aromatic heterocycles. The molecule has 106 valence electrons. The number of hydrogen-bond donors (Lipinski definition) is 0. The zero-order chi connectivity index (χ0) is 14.3. The fourth-order valence-electron chi connectivity index (χ4n) is 3.40. The second-order valence-corrected chi connectivity index (χ2v) is 6.81. The molecule has 0 N–H and O–H groups in total. The second-order valence-electron chi connectivity index (χ2n) is 5.90. The molecule has 0 radical (unpaired) electrons. The molecule has 3 rings (SSSR count). The summed E-state index contributed by atoms with van der Waals surface area (Å²) < 4.78 is 3.34. The number of aryl methyl sites for hydroxylation is 1. The van der Waals surface area contributed by atoms with Crippen molar-refractivity contribution in [3.63, 3.8) is 0 Å². The molecule has 0 spiro atoms. The summed E-state index contributed by atoms with van der Waals surface area (Å²) in [6, 6.07) is 6.42. The van der Waals surface area contributed by atoms with Crippen LogP contribution in [0.4, 0.5) is 0 Å². The third-order valence-corrected chi connectivity index (χ3v) is 5.21. The van der Waals surface area contributed by atoms with Crippen LogP contribution in [0, 0.1) is 12.8 Å². The number of carbonyl (C=O) groups is 1. The molecule has 0 aliphatic heterocycles. The van der Waals surface area contributed by atoms with Crippen LogP contribution in [0.15, 0.2) is 22.7 Å². The van der Waals surface area contributed by atoms with E-state index >= 15 is 0 Å². The molecular formula is C17H20BrNO. The predicted octanol–water partition coefficient (Wildman–Crippen LogP) is 4.55. The number of hydrogen-bond acceptors (Lipinski definition) is 1. The first kappa shape index (κ1) is 13.9. The number of ketones is 1. The Hall–Kier alpha value is -1.09. The molecule has 1 fully saturated rings. The van der Waals surface area contributed by atoms with Crippen LogP contribution in [0.1, 0.15) is 36.9 Å². The third kappa shape index (κ3) is 2.32. The van der Waals surface area contributed by atoms with Gasteiger partial charge in [-0.05, 0) is 49.9 Å². The van der Waals surface area contributed by atoms with E-state index in [1.165, 1.54) is 28.6 Å². The monoisotopic (exact) mass is 333 g/mol. The smallest absolute Gasteiger partial charge is 0.136 e. The summed E-state index contributed by atoms with van der Waals surface area (Å²) in [6.45, 7) is 2.16. The molecule has 1 aromatic carbocycles. The lowest BCUT2D eigenvalue weighted by Crippen LogP contribution is -2.21. The van der Waals surface area contributed by atoms with Crippen molar-refractivity contribution in [1.29, 1.82) is 0 Å². The molecule has 20 heavy (non-hydrogen) atoms. The second kappa shape index (κ2) is 5.36. The summed E-state index contributed by atoms with van der Waals surface area (Å²) >= 11 is 3.56. The minimum atomic E-state index is 0.229. The molecule has 2 aromatic rings. The van der Waals surface area contributed by atoms with Crippen LogP contribution in [0.2, 0.25) is 0 Å². The number of aromatic nitrogens is 1. The van der Waals surface area contributed by atoms with Crippen molar-refractivity contribution in [3.8, 4) is 0 Å². The van der Waals surface area contributed by atoms with Crippen LogP contribution in [0.25, 0.3) is 10.9 Å². The van der Waals surface area contributed by atoms with E-state index in [-0.39, 0.29) is 5.92 Å². The third-order valence-electron chi connectivity index (χ3n) is 4.72. The van der Waals surface area contributed by atoms with E-state index in [0.29, 0.717) is 5.78 Å². The normalized spacial score (nSPS) is 19.8. The molecule has 1 atom stereocenters. The van der Waals surface area contributed by atoms with E-state index < -0.39 is 0 Å². The lowest BCUT2D eigenvalue weighted by Gasteiger charge is -2.20. The molecule has 0 amide bonds. The van der Waals surface area contributed by atoms with Crippen molar-refractivity contribution in [2.45, 2.75) is 39.0 Å². The number of benzene rings is 1. The van der Waals surface area contributed by atoms with Crippen LogP contribution >= 0.6 is 15.9 Å². The Morgan fingerprint density at radius 1 is 1.35 bits per heavy atom. The number of carbonyl (C=O) groups excluding carboxylic acids is 1. The highest BCUT2D eigenvalue weighted by Gasteiger charge is 2.25. The van der Waals surface area contributed by atoms with Gasteiger partial charge in [0.15, 0.2) is 0 Å². The maximum absolute atomic E-state index is 12.1. The highest BCUT2D eigenvalue weighted by molar-refractivity contribution is 9.10. The molecule has 1 saturated carbocycles. The minimum absolute atomic E-state index is 0.229. The molecule has 1 aliphatic carbocycles. The molecule has 2 nitrogen and oxygen atoms in total. The Morgan fingerprint density at radius 2 is 2.15 bits per heavy atom. The van der Waals surface area contributed by atoms with Gasteiger partial charge in [0, 0.05) is 40.5 Å². The Kier molecular flexibility index (Phi) is 3.72. The van der Waals surface area contributed by atoms with Gasteiger partial charge >= 0.3 is 0 Å². The van der Waals surface area contributed by atoms with Crippen LogP contribution in [-0.4, -0.2) is 10.4 Å². The van der Waals surface area contributed by atoms with Gasteiger partial charge in [0.1, 0.15) is 5.78 Å². The van der Waals surface area contributed by atoms with Gasteiger partial charge < -0.3 is 4.57 Å². The van der Waals surface area contributed by atoms with Crippen LogP contribution in [0.5, 0.6) is 0 Å². The SMILES string of the molecule is Cc1c(CC2CCCCC2=O)c2cc(Br)ccc2n1C. The molecular weight excluding hydrogens is 314 g/mol. The van der Waals surface area contributed by atoms with Gasteiger partial charge in [0.2, 0.25) is 0 Å². The van der Waals surface area contributed by atoms with Gasteiger partial charge in [-0.25, -0.2) is 0 Å². The topological polar surface area (TPSA) is 22.0 Å². The molecule has 1 heterocycles. The summed E-state index contributed by atoms with van der Waals surface area (Å²) in [7, 11) is 2.11. The number of nitrogens with zero attached hydrogens (tertiary/aromatic N) is 1. The lowest BCUT2D eigenvalue weighted by atomic mass is 9.83. The summed E-state index contributed by atoms with van der Waals surface area (Å²) in [5.41, 5.74) is 3.89. The van der Waals surface area contributed by atoms with Crippen molar-refractivity contribution >= 4 is 32.6 Å². The maximum Gasteiger partial charge on any atom is 0.136 e. The summed E-state index contributed by atoms with van der Waals surface area (Å²) in [5.74, 6) is 0.690. The van der Waals surface area contributed by atoms with Crippen molar-refractivity contribution in [2.75, 3.05) is 0 Å². The summed E-state index contributed by atoms with van der Waals surface area (Å²) in [6.07, 6.45) is 5.01. The molecule has 1 unspecified atom stereocenters. The van der Waals surface area contributed by atoms with Crippen LogP contribution < -0.4 is 0 Å². The van der Waals surface area contributed by atoms with Gasteiger partial charge in [0.25, 0.3) is 0 Å². The van der Waals surface area contributed by atoms with E-state index in [0.717, 1.165) is 30.2 Å². The fraction of sp³-hybridized carbons (Fsp3) is 0.471. The Labute approximate surface area is 128 Å². The summed E-state index contributed by atoms with van der Waals surface area (Å²) in [5, 5.41) is 1.29. The van der Waals surface area contributed by atoms with Gasteiger partial charge in [-0.1, -0.05) is 22.4 Å². The minimum Gasteiger partial charge on any atom is -0.348 e. The fourth-order valence-corrected chi connectivity index (χ4v) is 3.76. The van der Waals surface area contributed by atoms with E-state index in [4.69, 9.17) is 0 Å². The first-order valence-electron chi connectivity index (χ1n) is 7.34. The van der Waals surface area contributed by atoms with Gasteiger partial charge in [-0.15, -0.1) is 0 Å². The number of rotatable bonds is 2. The van der Waals surface area contributed by atoms with E-state index in [9.17, 15) is 4.79 Å². The standard InChI is InChI=1S/C17H20BrNO/c1-11-14(9-12-5-3-4-6-17(12)20)15-10-13(18)7-8-16(15)19(11)2/h7-8,10,12H,3-6,9H2,1-2H3. The van der Waals surface area contributed by atoms with Crippen molar-refractivity contribution in [3.05, 3.63) is 33.9 Å². The molecule has 0 bridgehead atoms. The highest BCUT2D eigenvalue weighted by atomic mass is 79.9. The zero-order valence-electron chi connectivity index (χ0n) is 12.1. The Balaban J connectivity index is 2.04. The van der Waals surface area contributed by atoms with Gasteiger partial charge in [0.05, 0.1) is 0 Å². The van der Waals surface area contributed by atoms with Crippen LogP contribution in [-0.2, 0) is 18.3 Å². The first-order valence-corrected chi connectivity index (χ1v) is 8.13. The Bertz CT molecular complexity index is 671. The lowest BCUT2D eigenvalue weighted by molar-refractivity contribution is -0.124. The predicted molar refractivity (Wildman–Crippen MR) is 86.0 cm³/mol. The van der Waals surface area contributed by atoms with Crippen molar-refractivity contribution < 1.29 is 4.79 Å². The number of Topliss-reactive ketones (excluding diaryl/α,β-unsaturated/α-hetero) is 1. The highest BCUT2D eigenvalue weighted by Crippen LogP contribution is 2.32. The molecule has 1 aliphatic rings. The number of halogens is 1. The number of fused-ring (bicyclic) bond motifs is 1. The van der Waals surface area contributed by atoms with E-state index in [1.54, 1.807) is 0 Å². The van der Waals surface area contributed by atoms with Crippen molar-refractivity contribution in [2.24, 2.45) is 13.0 Å². The molecule has 0 saturated heterocycles.